The first kappa shape index (κ1) is 16.6. The summed E-state index contributed by atoms with van der Waals surface area (Å²) >= 11 is 0. The molecule has 1 rings (SSSR count). The minimum atomic E-state index is -1.03. The summed E-state index contributed by atoms with van der Waals surface area (Å²) in [5.41, 5.74) is 4.82. The van der Waals surface area contributed by atoms with Crippen molar-refractivity contribution in [3.63, 3.8) is 0 Å². The van der Waals surface area contributed by atoms with Gasteiger partial charge in [0.25, 0.3) is 11.8 Å². The topological polar surface area (TPSA) is 93.7 Å². The minimum Gasteiger partial charge on any atom is -0.451 e. The zero-order chi connectivity index (χ0) is 15.7. The summed E-state index contributed by atoms with van der Waals surface area (Å²) in [4.78, 5) is 34.6. The number of hydrogen-bond donors (Lipinski definition) is 2. The molecule has 1 aromatic carbocycles. The number of carbonyl (C=O) groups excluding carboxylic acids is 3. The van der Waals surface area contributed by atoms with Gasteiger partial charge in [-0.3, -0.25) is 20.4 Å². The lowest BCUT2D eigenvalue weighted by Crippen LogP contribution is -2.47. The van der Waals surface area contributed by atoms with Crippen LogP contribution in [-0.2, 0) is 19.1 Å². The van der Waals surface area contributed by atoms with Gasteiger partial charge in [0.15, 0.2) is 6.10 Å². The zero-order valence-corrected chi connectivity index (χ0v) is 11.9. The highest BCUT2D eigenvalue weighted by Crippen LogP contribution is 1.97. The summed E-state index contributed by atoms with van der Waals surface area (Å²) in [6.07, 6.45) is -1.03. The molecule has 2 amide bonds. The summed E-state index contributed by atoms with van der Waals surface area (Å²) in [7, 11) is 0. The van der Waals surface area contributed by atoms with E-state index in [9.17, 15) is 14.4 Å². The second-order valence-electron chi connectivity index (χ2n) is 4.08. The molecule has 0 radical (unpaired) electrons. The molecule has 0 fully saturated rings. The highest BCUT2D eigenvalue weighted by Gasteiger charge is 2.18. The number of benzene rings is 1. The summed E-state index contributed by atoms with van der Waals surface area (Å²) in [6, 6.07) is 8.39. The van der Waals surface area contributed by atoms with E-state index >= 15 is 0 Å². The molecular formula is C14H18N2O5. The maximum atomic E-state index is 11.7. The Morgan fingerprint density at radius 1 is 1.14 bits per heavy atom. The van der Waals surface area contributed by atoms with E-state index in [1.807, 2.05) is 0 Å². The Hall–Kier alpha value is -2.41. The number of ether oxygens (including phenoxy) is 2. The average molecular weight is 294 g/mol. The van der Waals surface area contributed by atoms with Gasteiger partial charge in [-0.05, 0) is 26.0 Å². The summed E-state index contributed by atoms with van der Waals surface area (Å²) in [5, 5.41) is 0. The Bertz CT molecular complexity index is 489. The number of amides is 2. The lowest BCUT2D eigenvalue weighted by Gasteiger charge is -2.14. The van der Waals surface area contributed by atoms with Crippen molar-refractivity contribution in [1.29, 1.82) is 0 Å². The first-order chi connectivity index (χ1) is 10.0. The minimum absolute atomic E-state index is 0.218. The molecule has 2 N–H and O–H groups in total. The normalized spacial score (nSPS) is 11.3. The number of esters is 1. The molecule has 1 atom stereocenters. The molecule has 0 unspecified atom stereocenters. The smallest absolute Gasteiger partial charge is 0.332 e. The van der Waals surface area contributed by atoms with Crippen molar-refractivity contribution in [1.82, 2.24) is 10.9 Å². The Kier molecular flexibility index (Phi) is 6.90. The van der Waals surface area contributed by atoms with Crippen LogP contribution in [-0.4, -0.2) is 37.1 Å². The predicted molar refractivity (Wildman–Crippen MR) is 74.1 cm³/mol. The van der Waals surface area contributed by atoms with Crippen LogP contribution in [0.2, 0.25) is 0 Å². The number of nitrogens with one attached hydrogen (secondary N) is 2. The third-order valence-corrected chi connectivity index (χ3v) is 2.44. The maximum Gasteiger partial charge on any atom is 0.332 e. The number of hydrogen-bond acceptors (Lipinski definition) is 5. The molecule has 7 heteroatoms. The van der Waals surface area contributed by atoms with Crippen molar-refractivity contribution in [2.24, 2.45) is 0 Å². The average Bonchev–Trinajstić information content (AvgIpc) is 2.50. The molecule has 0 bridgehead atoms. The molecule has 0 heterocycles. The van der Waals surface area contributed by atoms with Gasteiger partial charge in [-0.1, -0.05) is 18.2 Å². The van der Waals surface area contributed by atoms with Crippen LogP contribution < -0.4 is 10.9 Å². The molecule has 0 spiro atoms. The van der Waals surface area contributed by atoms with Crippen molar-refractivity contribution in [2.45, 2.75) is 20.0 Å². The fourth-order valence-corrected chi connectivity index (χ4v) is 1.35. The maximum absolute atomic E-state index is 11.7. The standard InChI is InChI=1S/C14H18N2O5/c1-3-20-9-12(17)21-10(2)13(18)15-16-14(19)11-7-5-4-6-8-11/h4-8,10H,3,9H2,1-2H3,(H,15,18)(H,16,19)/t10-/m0/s1. The van der Waals surface area contributed by atoms with Gasteiger partial charge in [0, 0.05) is 12.2 Å². The Labute approximate surface area is 122 Å². The lowest BCUT2D eigenvalue weighted by atomic mass is 10.2. The van der Waals surface area contributed by atoms with Crippen molar-refractivity contribution in [3.05, 3.63) is 35.9 Å². The fourth-order valence-electron chi connectivity index (χ4n) is 1.35. The summed E-state index contributed by atoms with van der Waals surface area (Å²) < 4.78 is 9.68. The van der Waals surface area contributed by atoms with Gasteiger partial charge >= 0.3 is 5.97 Å². The summed E-state index contributed by atoms with van der Waals surface area (Å²) in [5.74, 6) is -1.74. The Morgan fingerprint density at radius 2 is 1.81 bits per heavy atom. The molecular weight excluding hydrogens is 276 g/mol. The van der Waals surface area contributed by atoms with E-state index in [1.165, 1.54) is 6.92 Å². The van der Waals surface area contributed by atoms with Crippen LogP contribution in [0, 0.1) is 0 Å². The summed E-state index contributed by atoms with van der Waals surface area (Å²) in [6.45, 7) is 3.30. The van der Waals surface area contributed by atoms with Crippen LogP contribution in [0.5, 0.6) is 0 Å². The third kappa shape index (κ3) is 6.05. The molecule has 7 nitrogen and oxygen atoms in total. The lowest BCUT2D eigenvalue weighted by molar-refractivity contribution is -0.159. The van der Waals surface area contributed by atoms with Crippen LogP contribution in [0.4, 0.5) is 0 Å². The van der Waals surface area contributed by atoms with Crippen LogP contribution in [0.25, 0.3) is 0 Å². The van der Waals surface area contributed by atoms with E-state index in [0.29, 0.717) is 12.2 Å². The molecule has 0 aliphatic rings. The van der Waals surface area contributed by atoms with E-state index < -0.39 is 23.9 Å². The number of hydrazine groups is 1. The molecule has 0 aromatic heterocycles. The van der Waals surface area contributed by atoms with Crippen molar-refractivity contribution < 1.29 is 23.9 Å². The SMILES string of the molecule is CCOCC(=O)O[C@@H](C)C(=O)NNC(=O)c1ccccc1. The quantitative estimate of drug-likeness (QED) is 0.585. The van der Waals surface area contributed by atoms with Crippen LogP contribution >= 0.6 is 0 Å². The highest BCUT2D eigenvalue weighted by molar-refractivity contribution is 5.95. The van der Waals surface area contributed by atoms with Crippen molar-refractivity contribution in [2.75, 3.05) is 13.2 Å². The monoisotopic (exact) mass is 294 g/mol. The van der Waals surface area contributed by atoms with E-state index in [-0.39, 0.29) is 6.61 Å². The van der Waals surface area contributed by atoms with Gasteiger partial charge in [0.1, 0.15) is 6.61 Å². The van der Waals surface area contributed by atoms with Gasteiger partial charge in [-0.25, -0.2) is 4.79 Å². The van der Waals surface area contributed by atoms with Crippen LogP contribution in [0.3, 0.4) is 0 Å². The molecule has 0 aliphatic heterocycles. The van der Waals surface area contributed by atoms with Gasteiger partial charge in [-0.2, -0.15) is 0 Å². The van der Waals surface area contributed by atoms with Crippen LogP contribution in [0.15, 0.2) is 30.3 Å². The van der Waals surface area contributed by atoms with Crippen molar-refractivity contribution in [3.8, 4) is 0 Å². The van der Waals surface area contributed by atoms with Gasteiger partial charge in [0.2, 0.25) is 0 Å². The molecule has 1 aromatic rings. The van der Waals surface area contributed by atoms with E-state index in [1.54, 1.807) is 37.3 Å². The second kappa shape index (κ2) is 8.70. The zero-order valence-electron chi connectivity index (χ0n) is 11.9. The third-order valence-electron chi connectivity index (χ3n) is 2.44. The van der Waals surface area contributed by atoms with E-state index in [0.717, 1.165) is 0 Å². The Morgan fingerprint density at radius 3 is 2.43 bits per heavy atom. The van der Waals surface area contributed by atoms with Gasteiger partial charge < -0.3 is 9.47 Å². The van der Waals surface area contributed by atoms with Gasteiger partial charge in [-0.15, -0.1) is 0 Å². The van der Waals surface area contributed by atoms with E-state index in [4.69, 9.17) is 9.47 Å². The van der Waals surface area contributed by atoms with Crippen LogP contribution in [0.1, 0.15) is 24.2 Å². The molecule has 0 saturated heterocycles. The first-order valence-electron chi connectivity index (χ1n) is 6.47. The number of carbonyl (C=O) groups is 3. The predicted octanol–water partition coefficient (Wildman–Crippen LogP) is 0.416. The van der Waals surface area contributed by atoms with Gasteiger partial charge in [0.05, 0.1) is 0 Å². The molecule has 114 valence electrons. The molecule has 21 heavy (non-hydrogen) atoms. The largest absolute Gasteiger partial charge is 0.451 e. The molecule has 0 aliphatic carbocycles. The van der Waals surface area contributed by atoms with E-state index in [2.05, 4.69) is 10.9 Å². The molecule has 0 saturated carbocycles. The fraction of sp³-hybridized carbons (Fsp3) is 0.357. The first-order valence-corrected chi connectivity index (χ1v) is 6.47. The number of rotatable bonds is 6. The second-order valence-corrected chi connectivity index (χ2v) is 4.08. The Balaban J connectivity index is 2.36. The van der Waals surface area contributed by atoms with Crippen molar-refractivity contribution >= 4 is 17.8 Å². The highest BCUT2D eigenvalue weighted by atomic mass is 16.6.